The molecule has 0 unspecified atom stereocenters. The number of aryl methyl sites for hydroxylation is 1. The van der Waals surface area contributed by atoms with Crippen LogP contribution in [-0.2, 0) is 20.9 Å². The summed E-state index contributed by atoms with van der Waals surface area (Å²) >= 11 is 0. The van der Waals surface area contributed by atoms with Crippen LogP contribution in [0, 0.1) is 6.92 Å². The van der Waals surface area contributed by atoms with Gasteiger partial charge in [0.25, 0.3) is 10.1 Å². The van der Waals surface area contributed by atoms with Gasteiger partial charge in [-0.15, -0.1) is 0 Å². The van der Waals surface area contributed by atoms with Crippen LogP contribution in [0.3, 0.4) is 0 Å². The number of nitrogens with zero attached hydrogens (tertiary/aromatic N) is 1. The third-order valence-electron chi connectivity index (χ3n) is 3.50. The molecule has 0 saturated carbocycles. The highest BCUT2D eigenvalue weighted by Gasteiger charge is 2.17. The van der Waals surface area contributed by atoms with E-state index in [9.17, 15) is 8.42 Å². The van der Waals surface area contributed by atoms with Gasteiger partial charge in [0.05, 0.1) is 23.5 Å². The second-order valence-corrected chi connectivity index (χ2v) is 6.75. The Balaban J connectivity index is 1.87. The van der Waals surface area contributed by atoms with Gasteiger partial charge < -0.3 is 4.98 Å². The van der Waals surface area contributed by atoms with E-state index in [1.54, 1.807) is 30.7 Å². The van der Waals surface area contributed by atoms with Crippen LogP contribution >= 0.6 is 0 Å². The molecule has 0 saturated heterocycles. The monoisotopic (exact) mass is 328 g/mol. The second-order valence-electron chi connectivity index (χ2n) is 5.13. The van der Waals surface area contributed by atoms with Crippen molar-refractivity contribution in [3.63, 3.8) is 0 Å². The molecule has 0 aliphatic rings. The van der Waals surface area contributed by atoms with Gasteiger partial charge in [0.15, 0.2) is 0 Å². The van der Waals surface area contributed by atoms with E-state index in [4.69, 9.17) is 4.18 Å². The molecule has 0 aliphatic heterocycles. The average molecular weight is 328 g/mol. The molecule has 3 rings (SSSR count). The molecule has 2 aromatic carbocycles. The largest absolute Gasteiger partial charge is 0.351 e. The van der Waals surface area contributed by atoms with E-state index >= 15 is 0 Å². The number of H-pyrrole nitrogens is 1. The summed E-state index contributed by atoms with van der Waals surface area (Å²) in [5.41, 5.74) is 3.20. The van der Waals surface area contributed by atoms with Crippen molar-refractivity contribution in [2.75, 3.05) is 0 Å². The number of hydrogen-bond acceptors (Lipinski definition) is 4. The maximum absolute atomic E-state index is 12.4. The van der Waals surface area contributed by atoms with Crippen molar-refractivity contribution in [1.29, 1.82) is 0 Å². The molecule has 0 fully saturated rings. The number of aromatic amines is 1. The minimum atomic E-state index is -3.83. The standard InChI is InChI=1S/C17H16N2O3S/c1-13-7-8-15(9-16(13)17-10-18-12-19-17)23(20,21)22-11-14-5-3-2-4-6-14/h2-10,12H,11H2,1H3,(H,18,19). The molecule has 1 heterocycles. The van der Waals surface area contributed by atoms with E-state index in [0.29, 0.717) is 5.69 Å². The minimum Gasteiger partial charge on any atom is -0.351 e. The van der Waals surface area contributed by atoms with Crippen LogP contribution in [0.5, 0.6) is 0 Å². The normalized spacial score (nSPS) is 11.5. The quantitative estimate of drug-likeness (QED) is 0.730. The summed E-state index contributed by atoms with van der Waals surface area (Å²) in [5.74, 6) is 0. The van der Waals surface area contributed by atoms with Crippen molar-refractivity contribution in [3.8, 4) is 11.3 Å². The zero-order chi connectivity index (χ0) is 16.3. The molecule has 0 atom stereocenters. The van der Waals surface area contributed by atoms with E-state index < -0.39 is 10.1 Å². The summed E-state index contributed by atoms with van der Waals surface area (Å²) < 4.78 is 29.9. The van der Waals surface area contributed by atoms with Crippen LogP contribution in [0.4, 0.5) is 0 Å². The lowest BCUT2D eigenvalue weighted by Crippen LogP contribution is -2.07. The van der Waals surface area contributed by atoms with Gasteiger partial charge in [-0.25, -0.2) is 4.98 Å². The molecule has 0 amide bonds. The summed E-state index contributed by atoms with van der Waals surface area (Å²) in [6, 6.07) is 14.1. The van der Waals surface area contributed by atoms with Crippen LogP contribution in [0.2, 0.25) is 0 Å². The fourth-order valence-corrected chi connectivity index (χ4v) is 3.15. The molecule has 6 heteroatoms. The Bertz CT molecular complexity index is 889. The van der Waals surface area contributed by atoms with Gasteiger partial charge in [0, 0.05) is 11.8 Å². The first-order valence-electron chi connectivity index (χ1n) is 7.09. The van der Waals surface area contributed by atoms with Crippen molar-refractivity contribution in [2.45, 2.75) is 18.4 Å². The highest BCUT2D eigenvalue weighted by Crippen LogP contribution is 2.25. The summed E-state index contributed by atoms with van der Waals surface area (Å²) in [7, 11) is -3.83. The highest BCUT2D eigenvalue weighted by atomic mass is 32.2. The topological polar surface area (TPSA) is 72.1 Å². The van der Waals surface area contributed by atoms with Crippen LogP contribution in [0.15, 0.2) is 66.0 Å². The smallest absolute Gasteiger partial charge is 0.297 e. The Labute approximate surface area is 135 Å². The van der Waals surface area contributed by atoms with Crippen molar-refractivity contribution in [1.82, 2.24) is 9.97 Å². The summed E-state index contributed by atoms with van der Waals surface area (Å²) in [4.78, 5) is 7.16. The molecule has 0 aliphatic carbocycles. The lowest BCUT2D eigenvalue weighted by molar-refractivity contribution is 0.308. The SMILES string of the molecule is Cc1ccc(S(=O)(=O)OCc2ccccc2)cc1-c1c[nH]cn1. The third-order valence-corrected chi connectivity index (χ3v) is 4.75. The van der Waals surface area contributed by atoms with Crippen molar-refractivity contribution in [2.24, 2.45) is 0 Å². The molecular weight excluding hydrogens is 312 g/mol. The fourth-order valence-electron chi connectivity index (χ4n) is 2.23. The van der Waals surface area contributed by atoms with Crippen molar-refractivity contribution in [3.05, 3.63) is 72.2 Å². The Morgan fingerprint density at radius 3 is 2.61 bits per heavy atom. The van der Waals surface area contributed by atoms with Crippen LogP contribution in [0.25, 0.3) is 11.3 Å². The molecule has 1 aromatic heterocycles. The minimum absolute atomic E-state index is 0.00872. The highest BCUT2D eigenvalue weighted by molar-refractivity contribution is 7.86. The Morgan fingerprint density at radius 1 is 1.13 bits per heavy atom. The lowest BCUT2D eigenvalue weighted by atomic mass is 10.1. The van der Waals surface area contributed by atoms with Crippen LogP contribution in [-0.4, -0.2) is 18.4 Å². The summed E-state index contributed by atoms with van der Waals surface area (Å²) in [5, 5.41) is 0. The van der Waals surface area contributed by atoms with E-state index in [1.807, 2.05) is 37.3 Å². The second kappa shape index (κ2) is 6.36. The molecule has 0 bridgehead atoms. The molecule has 0 spiro atoms. The van der Waals surface area contributed by atoms with Crippen LogP contribution < -0.4 is 0 Å². The van der Waals surface area contributed by atoms with Gasteiger partial charge in [-0.05, 0) is 30.2 Å². The first kappa shape index (κ1) is 15.5. The van der Waals surface area contributed by atoms with Crippen molar-refractivity contribution >= 4 is 10.1 Å². The third kappa shape index (κ3) is 3.49. The number of nitrogens with one attached hydrogen (secondary N) is 1. The Hall–Kier alpha value is -2.44. The Kier molecular flexibility index (Phi) is 4.27. The van der Waals surface area contributed by atoms with Gasteiger partial charge in [0.2, 0.25) is 0 Å². The number of imidazole rings is 1. The summed E-state index contributed by atoms with van der Waals surface area (Å²) in [6.07, 6.45) is 3.28. The van der Waals surface area contributed by atoms with Gasteiger partial charge in [-0.1, -0.05) is 36.4 Å². The molecule has 1 N–H and O–H groups in total. The molecule has 3 aromatic rings. The first-order chi connectivity index (χ1) is 11.1. The van der Waals surface area contributed by atoms with Crippen molar-refractivity contribution < 1.29 is 12.6 Å². The Morgan fingerprint density at radius 2 is 1.91 bits per heavy atom. The average Bonchev–Trinajstić information content (AvgIpc) is 3.08. The maximum atomic E-state index is 12.4. The number of benzene rings is 2. The zero-order valence-corrected chi connectivity index (χ0v) is 13.4. The predicted molar refractivity (Wildman–Crippen MR) is 87.2 cm³/mol. The molecule has 5 nitrogen and oxygen atoms in total. The maximum Gasteiger partial charge on any atom is 0.297 e. The van der Waals surface area contributed by atoms with Gasteiger partial charge >= 0.3 is 0 Å². The van der Waals surface area contributed by atoms with Gasteiger partial charge in [-0.2, -0.15) is 8.42 Å². The van der Waals surface area contributed by atoms with Gasteiger partial charge in [0.1, 0.15) is 0 Å². The fraction of sp³-hybridized carbons (Fsp3) is 0.118. The van der Waals surface area contributed by atoms with Gasteiger partial charge in [-0.3, -0.25) is 4.18 Å². The zero-order valence-electron chi connectivity index (χ0n) is 12.6. The first-order valence-corrected chi connectivity index (χ1v) is 8.50. The molecule has 118 valence electrons. The molecular formula is C17H16N2O3S. The molecule has 23 heavy (non-hydrogen) atoms. The van der Waals surface area contributed by atoms with E-state index in [-0.39, 0.29) is 11.5 Å². The lowest BCUT2D eigenvalue weighted by Gasteiger charge is -2.09. The number of aromatic nitrogens is 2. The predicted octanol–water partition coefficient (Wildman–Crippen LogP) is 3.29. The van der Waals surface area contributed by atoms with E-state index in [2.05, 4.69) is 9.97 Å². The summed E-state index contributed by atoms with van der Waals surface area (Å²) in [6.45, 7) is 1.92. The number of hydrogen-bond donors (Lipinski definition) is 1. The van der Waals surface area contributed by atoms with Crippen LogP contribution in [0.1, 0.15) is 11.1 Å². The van der Waals surface area contributed by atoms with E-state index in [0.717, 1.165) is 16.7 Å². The molecule has 0 radical (unpaired) electrons. The number of rotatable bonds is 5. The van der Waals surface area contributed by atoms with E-state index in [1.165, 1.54) is 0 Å².